The number of rotatable bonds is 4. The van der Waals surface area contributed by atoms with Gasteiger partial charge in [0, 0.05) is 11.1 Å². The van der Waals surface area contributed by atoms with Crippen LogP contribution in [-0.2, 0) is 6.42 Å². The van der Waals surface area contributed by atoms with Crippen LogP contribution in [0.25, 0.3) is 0 Å². The first kappa shape index (κ1) is 17.7. The average molecular weight is 347 g/mol. The molecule has 132 valence electrons. The SMILES string of the molecule is COc1cc2c(cc1N)C(CC(=O)c1ccc(C#N)cc1)=NC(C)(C)C2. The Morgan fingerprint density at radius 3 is 2.62 bits per heavy atom. The average Bonchev–Trinajstić information content (AvgIpc) is 2.61. The van der Waals surface area contributed by atoms with E-state index in [0.29, 0.717) is 22.6 Å². The zero-order valence-electron chi connectivity index (χ0n) is 15.2. The zero-order valence-corrected chi connectivity index (χ0v) is 15.2. The molecule has 1 aliphatic heterocycles. The Labute approximate surface area is 153 Å². The van der Waals surface area contributed by atoms with E-state index in [-0.39, 0.29) is 17.7 Å². The number of nitrogens with two attached hydrogens (primary N) is 1. The van der Waals surface area contributed by atoms with Gasteiger partial charge in [0.05, 0.1) is 42.1 Å². The summed E-state index contributed by atoms with van der Waals surface area (Å²) in [7, 11) is 1.59. The summed E-state index contributed by atoms with van der Waals surface area (Å²) in [5, 5.41) is 8.89. The molecule has 0 saturated carbocycles. The molecule has 2 aromatic rings. The molecule has 0 amide bonds. The normalized spacial score (nSPS) is 14.8. The van der Waals surface area contributed by atoms with Gasteiger partial charge in [-0.25, -0.2) is 0 Å². The molecule has 5 heteroatoms. The van der Waals surface area contributed by atoms with E-state index in [1.54, 1.807) is 31.4 Å². The van der Waals surface area contributed by atoms with Crippen LogP contribution in [0.5, 0.6) is 5.75 Å². The van der Waals surface area contributed by atoms with Crippen LogP contribution < -0.4 is 10.5 Å². The van der Waals surface area contributed by atoms with E-state index in [2.05, 4.69) is 6.07 Å². The fraction of sp³-hybridized carbons (Fsp3) is 0.286. The summed E-state index contributed by atoms with van der Waals surface area (Å²) in [6.45, 7) is 4.09. The van der Waals surface area contributed by atoms with Crippen molar-refractivity contribution in [3.63, 3.8) is 0 Å². The van der Waals surface area contributed by atoms with Crippen LogP contribution in [0, 0.1) is 11.3 Å². The van der Waals surface area contributed by atoms with Crippen LogP contribution >= 0.6 is 0 Å². The van der Waals surface area contributed by atoms with Crippen molar-refractivity contribution in [1.29, 1.82) is 5.26 Å². The third-order valence-electron chi connectivity index (χ3n) is 4.49. The lowest BCUT2D eigenvalue weighted by Gasteiger charge is -2.29. The maximum atomic E-state index is 12.7. The lowest BCUT2D eigenvalue weighted by atomic mass is 9.84. The van der Waals surface area contributed by atoms with Crippen molar-refractivity contribution < 1.29 is 9.53 Å². The summed E-state index contributed by atoms with van der Waals surface area (Å²) >= 11 is 0. The number of nitrogens with zero attached hydrogens (tertiary/aromatic N) is 2. The minimum atomic E-state index is -0.297. The van der Waals surface area contributed by atoms with Gasteiger partial charge in [0.15, 0.2) is 5.78 Å². The largest absolute Gasteiger partial charge is 0.495 e. The van der Waals surface area contributed by atoms with Crippen molar-refractivity contribution in [3.05, 3.63) is 58.7 Å². The lowest BCUT2D eigenvalue weighted by Crippen LogP contribution is -2.30. The predicted molar refractivity (Wildman–Crippen MR) is 102 cm³/mol. The Bertz CT molecular complexity index is 935. The molecule has 0 aliphatic carbocycles. The molecule has 0 aromatic heterocycles. The Morgan fingerprint density at radius 1 is 1.31 bits per heavy atom. The second-order valence-corrected chi connectivity index (χ2v) is 7.09. The number of carbonyl (C=O) groups excluding carboxylic acids is 1. The molecule has 0 bridgehead atoms. The molecule has 2 aromatic carbocycles. The van der Waals surface area contributed by atoms with Gasteiger partial charge in [0.25, 0.3) is 0 Å². The molecule has 0 atom stereocenters. The molecule has 3 rings (SSSR count). The number of Topliss-reactive ketones (excluding diaryl/α,β-unsaturated/α-hetero) is 1. The highest BCUT2D eigenvalue weighted by Crippen LogP contribution is 2.34. The Kier molecular flexibility index (Phi) is 4.52. The van der Waals surface area contributed by atoms with Gasteiger partial charge < -0.3 is 10.5 Å². The number of aliphatic imine (C=N–C) groups is 1. The van der Waals surface area contributed by atoms with E-state index in [0.717, 1.165) is 23.3 Å². The van der Waals surface area contributed by atoms with Gasteiger partial charge in [-0.2, -0.15) is 5.26 Å². The number of anilines is 1. The molecule has 1 aliphatic rings. The molecule has 0 spiro atoms. The Hall–Kier alpha value is -3.13. The molecule has 0 fully saturated rings. The van der Waals surface area contributed by atoms with Gasteiger partial charge in [-0.1, -0.05) is 12.1 Å². The summed E-state index contributed by atoms with van der Waals surface area (Å²) in [6, 6.07) is 12.5. The van der Waals surface area contributed by atoms with Crippen LogP contribution in [-0.4, -0.2) is 24.1 Å². The fourth-order valence-electron chi connectivity index (χ4n) is 3.28. The number of benzene rings is 2. The van der Waals surface area contributed by atoms with Gasteiger partial charge in [-0.15, -0.1) is 0 Å². The van der Waals surface area contributed by atoms with Gasteiger partial charge in [0.1, 0.15) is 5.75 Å². The third-order valence-corrected chi connectivity index (χ3v) is 4.49. The van der Waals surface area contributed by atoms with E-state index >= 15 is 0 Å². The highest BCUT2D eigenvalue weighted by Gasteiger charge is 2.29. The van der Waals surface area contributed by atoms with E-state index in [1.807, 2.05) is 26.0 Å². The van der Waals surface area contributed by atoms with Crippen molar-refractivity contribution in [3.8, 4) is 11.8 Å². The van der Waals surface area contributed by atoms with E-state index in [4.69, 9.17) is 20.7 Å². The second-order valence-electron chi connectivity index (χ2n) is 7.09. The third kappa shape index (κ3) is 3.45. The quantitative estimate of drug-likeness (QED) is 0.677. The van der Waals surface area contributed by atoms with Gasteiger partial charge in [-0.3, -0.25) is 9.79 Å². The first-order valence-electron chi connectivity index (χ1n) is 8.42. The maximum Gasteiger partial charge on any atom is 0.168 e. The highest BCUT2D eigenvalue weighted by molar-refractivity contribution is 6.17. The van der Waals surface area contributed by atoms with Crippen molar-refractivity contribution in [2.45, 2.75) is 32.2 Å². The Morgan fingerprint density at radius 2 is 2.00 bits per heavy atom. The van der Waals surface area contributed by atoms with E-state index < -0.39 is 0 Å². The van der Waals surface area contributed by atoms with Gasteiger partial charge >= 0.3 is 0 Å². The second kappa shape index (κ2) is 6.64. The smallest absolute Gasteiger partial charge is 0.168 e. The molecule has 0 saturated heterocycles. The summed E-state index contributed by atoms with van der Waals surface area (Å²) in [5.74, 6) is 0.602. The van der Waals surface area contributed by atoms with Crippen LogP contribution in [0.1, 0.15) is 47.3 Å². The molecule has 2 N–H and O–H groups in total. The number of nitrogen functional groups attached to an aromatic ring is 1. The summed E-state index contributed by atoms with van der Waals surface area (Å²) in [4.78, 5) is 17.5. The fourth-order valence-corrected chi connectivity index (χ4v) is 3.28. The lowest BCUT2D eigenvalue weighted by molar-refractivity contribution is 0.100. The number of hydrogen-bond acceptors (Lipinski definition) is 5. The molecule has 1 heterocycles. The summed E-state index contributed by atoms with van der Waals surface area (Å²) < 4.78 is 5.33. The van der Waals surface area contributed by atoms with Gasteiger partial charge in [-0.05, 0) is 50.1 Å². The van der Waals surface area contributed by atoms with Crippen LogP contribution in [0.3, 0.4) is 0 Å². The molecular formula is C21H21N3O2. The van der Waals surface area contributed by atoms with Crippen molar-refractivity contribution in [2.24, 2.45) is 4.99 Å². The Balaban J connectivity index is 1.96. The number of ether oxygens (including phenoxy) is 1. The summed E-state index contributed by atoms with van der Waals surface area (Å²) in [6.07, 6.45) is 0.946. The minimum Gasteiger partial charge on any atom is -0.495 e. The van der Waals surface area contributed by atoms with Crippen molar-refractivity contribution >= 4 is 17.2 Å². The number of methoxy groups -OCH3 is 1. The number of nitriles is 1. The van der Waals surface area contributed by atoms with Crippen LogP contribution in [0.15, 0.2) is 41.4 Å². The summed E-state index contributed by atoms with van der Waals surface area (Å²) in [5.41, 5.74) is 10.1. The molecule has 26 heavy (non-hydrogen) atoms. The first-order valence-corrected chi connectivity index (χ1v) is 8.42. The minimum absolute atomic E-state index is 0.0359. The van der Waals surface area contributed by atoms with E-state index in [9.17, 15) is 4.79 Å². The molecule has 5 nitrogen and oxygen atoms in total. The topological polar surface area (TPSA) is 88.5 Å². The molecular weight excluding hydrogens is 326 g/mol. The zero-order chi connectivity index (χ0) is 18.9. The van der Waals surface area contributed by atoms with Crippen molar-refractivity contribution in [2.75, 3.05) is 12.8 Å². The number of carbonyl (C=O) groups is 1. The predicted octanol–water partition coefficient (Wildman–Crippen LogP) is 3.55. The highest BCUT2D eigenvalue weighted by atomic mass is 16.5. The monoisotopic (exact) mass is 347 g/mol. The van der Waals surface area contributed by atoms with Crippen LogP contribution in [0.4, 0.5) is 5.69 Å². The number of hydrogen-bond donors (Lipinski definition) is 1. The molecule has 0 radical (unpaired) electrons. The maximum absolute atomic E-state index is 12.7. The standard InChI is InChI=1S/C21H21N3O2/c1-21(2)11-15-8-20(26-3)17(23)9-16(15)18(24-21)10-19(25)14-6-4-13(12-22)5-7-14/h4-9H,10-11,23H2,1-3H3. The van der Waals surface area contributed by atoms with Crippen molar-refractivity contribution in [1.82, 2.24) is 0 Å². The first-order chi connectivity index (χ1) is 12.3. The number of fused-ring (bicyclic) bond motifs is 1. The van der Waals surface area contributed by atoms with E-state index in [1.165, 1.54) is 0 Å². The molecule has 0 unspecified atom stereocenters. The number of ketones is 1. The van der Waals surface area contributed by atoms with Gasteiger partial charge in [0.2, 0.25) is 0 Å². The van der Waals surface area contributed by atoms with Crippen LogP contribution in [0.2, 0.25) is 0 Å².